The molecule has 1 aromatic carbocycles. The summed E-state index contributed by atoms with van der Waals surface area (Å²) in [6.45, 7) is 5.49. The van der Waals surface area contributed by atoms with Crippen molar-refractivity contribution < 1.29 is 14.3 Å². The number of benzene rings is 1. The summed E-state index contributed by atoms with van der Waals surface area (Å²) in [6.07, 6.45) is 2.55. The summed E-state index contributed by atoms with van der Waals surface area (Å²) in [5, 5.41) is 6.75. The lowest BCUT2D eigenvalue weighted by atomic mass is 9.92. The van der Waals surface area contributed by atoms with Gasteiger partial charge in [-0.3, -0.25) is 9.89 Å². The van der Waals surface area contributed by atoms with Crippen molar-refractivity contribution in [2.75, 3.05) is 19.7 Å². The minimum Gasteiger partial charge on any atom is -0.452 e. The van der Waals surface area contributed by atoms with Crippen LogP contribution in [-0.2, 0) is 9.53 Å². The van der Waals surface area contributed by atoms with Crippen LogP contribution < -0.4 is 0 Å². The molecule has 2 heterocycles. The van der Waals surface area contributed by atoms with Crippen LogP contribution in [0.15, 0.2) is 36.5 Å². The lowest BCUT2D eigenvalue weighted by molar-refractivity contribution is -0.137. The highest BCUT2D eigenvalue weighted by Gasteiger charge is 2.26. The topological polar surface area (TPSA) is 75.3 Å². The first-order chi connectivity index (χ1) is 12.0. The molecule has 0 aliphatic carbocycles. The molecule has 1 aliphatic rings. The van der Waals surface area contributed by atoms with E-state index in [0.29, 0.717) is 23.1 Å². The quantitative estimate of drug-likeness (QED) is 0.868. The zero-order valence-corrected chi connectivity index (χ0v) is 14.6. The molecule has 1 fully saturated rings. The summed E-state index contributed by atoms with van der Waals surface area (Å²) < 4.78 is 5.24. The van der Waals surface area contributed by atoms with Gasteiger partial charge in [-0.15, -0.1) is 0 Å². The fourth-order valence-corrected chi connectivity index (χ4v) is 3.43. The number of carbonyl (C=O) groups excluding carboxylic acids is 2. The number of nitrogens with zero attached hydrogens (tertiary/aromatic N) is 2. The lowest BCUT2D eigenvalue weighted by Gasteiger charge is -2.34. The molecule has 1 aromatic heterocycles. The summed E-state index contributed by atoms with van der Waals surface area (Å²) in [4.78, 5) is 26.5. The summed E-state index contributed by atoms with van der Waals surface area (Å²) >= 11 is 0. The number of carbonyl (C=O) groups is 2. The van der Waals surface area contributed by atoms with E-state index in [0.717, 1.165) is 25.1 Å². The van der Waals surface area contributed by atoms with Crippen LogP contribution in [0.1, 0.15) is 30.6 Å². The average molecular weight is 341 g/mol. The zero-order valence-electron chi connectivity index (χ0n) is 14.6. The summed E-state index contributed by atoms with van der Waals surface area (Å²) in [5.41, 5.74) is 1.77. The summed E-state index contributed by atoms with van der Waals surface area (Å²) in [6, 6.07) is 9.43. The Kier molecular flexibility index (Phi) is 5.16. The Bertz CT molecular complexity index is 731. The molecule has 1 amide bonds. The Morgan fingerprint density at radius 2 is 1.88 bits per heavy atom. The van der Waals surface area contributed by atoms with Crippen molar-refractivity contribution in [1.29, 1.82) is 0 Å². The van der Waals surface area contributed by atoms with Crippen LogP contribution in [0, 0.1) is 11.8 Å². The van der Waals surface area contributed by atoms with Gasteiger partial charge in [0.05, 0.1) is 11.9 Å². The fraction of sp³-hybridized carbons (Fsp3) is 0.421. The van der Waals surface area contributed by atoms with Crippen molar-refractivity contribution in [3.05, 3.63) is 42.1 Å². The fourth-order valence-electron chi connectivity index (χ4n) is 3.43. The normalized spacial score (nSPS) is 20.3. The second-order valence-electron chi connectivity index (χ2n) is 6.85. The number of piperidine rings is 1. The van der Waals surface area contributed by atoms with Gasteiger partial charge in [-0.1, -0.05) is 44.2 Å². The second kappa shape index (κ2) is 7.51. The number of nitrogens with one attached hydrogen (secondary N) is 1. The van der Waals surface area contributed by atoms with Gasteiger partial charge >= 0.3 is 5.97 Å². The average Bonchev–Trinajstić information content (AvgIpc) is 3.09. The van der Waals surface area contributed by atoms with E-state index < -0.39 is 5.97 Å². The maximum atomic E-state index is 12.4. The molecule has 0 unspecified atom stereocenters. The molecule has 132 valence electrons. The van der Waals surface area contributed by atoms with E-state index in [1.54, 1.807) is 4.90 Å². The maximum absolute atomic E-state index is 12.4. The van der Waals surface area contributed by atoms with Crippen LogP contribution in [0.25, 0.3) is 11.3 Å². The lowest BCUT2D eigenvalue weighted by Crippen LogP contribution is -2.44. The largest absolute Gasteiger partial charge is 0.452 e. The second-order valence-corrected chi connectivity index (χ2v) is 6.85. The van der Waals surface area contributed by atoms with E-state index in [1.807, 2.05) is 30.3 Å². The molecule has 0 radical (unpaired) electrons. The Labute approximate surface area is 147 Å². The molecule has 1 N–H and O–H groups in total. The number of aromatic amines is 1. The van der Waals surface area contributed by atoms with Gasteiger partial charge in [-0.2, -0.15) is 5.10 Å². The number of ether oxygens (including phenoxy) is 1. The number of rotatable bonds is 4. The third-order valence-corrected chi connectivity index (χ3v) is 4.47. The van der Waals surface area contributed by atoms with Gasteiger partial charge in [-0.05, 0) is 18.3 Å². The van der Waals surface area contributed by atoms with E-state index in [9.17, 15) is 9.59 Å². The van der Waals surface area contributed by atoms with Crippen LogP contribution in [0.2, 0.25) is 0 Å². The van der Waals surface area contributed by atoms with E-state index in [-0.39, 0.29) is 12.5 Å². The SMILES string of the molecule is C[C@@H]1C[C@@H](C)CN(C(=O)COC(=O)c2cn[nH]c2-c2ccccc2)C1. The third-order valence-electron chi connectivity index (χ3n) is 4.47. The highest BCUT2D eigenvalue weighted by molar-refractivity contribution is 5.97. The van der Waals surface area contributed by atoms with Gasteiger partial charge in [0.15, 0.2) is 6.61 Å². The number of H-pyrrole nitrogens is 1. The summed E-state index contributed by atoms with van der Waals surface area (Å²) in [7, 11) is 0. The molecule has 3 rings (SSSR count). The number of esters is 1. The number of likely N-dealkylation sites (tertiary alicyclic amines) is 1. The Hall–Kier alpha value is -2.63. The maximum Gasteiger partial charge on any atom is 0.342 e. The van der Waals surface area contributed by atoms with Crippen LogP contribution in [-0.4, -0.2) is 46.7 Å². The molecular weight excluding hydrogens is 318 g/mol. The number of aromatic nitrogens is 2. The van der Waals surface area contributed by atoms with Crippen LogP contribution in [0.5, 0.6) is 0 Å². The smallest absolute Gasteiger partial charge is 0.342 e. The molecule has 0 saturated carbocycles. The van der Waals surface area contributed by atoms with Gasteiger partial charge < -0.3 is 9.64 Å². The molecule has 0 bridgehead atoms. The van der Waals surface area contributed by atoms with E-state index in [4.69, 9.17) is 4.74 Å². The van der Waals surface area contributed by atoms with Crippen molar-refractivity contribution in [3.63, 3.8) is 0 Å². The van der Waals surface area contributed by atoms with Crippen molar-refractivity contribution in [3.8, 4) is 11.3 Å². The molecule has 6 heteroatoms. The minimum atomic E-state index is -0.543. The van der Waals surface area contributed by atoms with Crippen molar-refractivity contribution in [1.82, 2.24) is 15.1 Å². The van der Waals surface area contributed by atoms with Gasteiger partial charge in [0, 0.05) is 18.7 Å². The Balaban J connectivity index is 1.62. The monoisotopic (exact) mass is 341 g/mol. The third kappa shape index (κ3) is 4.07. The highest BCUT2D eigenvalue weighted by atomic mass is 16.5. The van der Waals surface area contributed by atoms with Crippen molar-refractivity contribution >= 4 is 11.9 Å². The van der Waals surface area contributed by atoms with Crippen LogP contribution >= 0.6 is 0 Å². The molecular formula is C19H23N3O3. The first-order valence-electron chi connectivity index (χ1n) is 8.58. The van der Waals surface area contributed by atoms with Gasteiger partial charge in [0.1, 0.15) is 5.56 Å². The van der Waals surface area contributed by atoms with E-state index >= 15 is 0 Å². The number of amides is 1. The molecule has 0 spiro atoms. The first-order valence-corrected chi connectivity index (χ1v) is 8.58. The summed E-state index contributed by atoms with van der Waals surface area (Å²) in [5.74, 6) is 0.263. The molecule has 1 saturated heterocycles. The molecule has 2 aromatic rings. The van der Waals surface area contributed by atoms with Crippen LogP contribution in [0.3, 0.4) is 0 Å². The van der Waals surface area contributed by atoms with E-state index in [2.05, 4.69) is 24.0 Å². The van der Waals surface area contributed by atoms with Crippen molar-refractivity contribution in [2.45, 2.75) is 20.3 Å². The molecule has 1 aliphatic heterocycles. The Morgan fingerprint density at radius 3 is 2.56 bits per heavy atom. The number of hydrogen-bond donors (Lipinski definition) is 1. The van der Waals surface area contributed by atoms with Crippen molar-refractivity contribution in [2.24, 2.45) is 11.8 Å². The zero-order chi connectivity index (χ0) is 17.8. The number of hydrogen-bond acceptors (Lipinski definition) is 4. The van der Waals surface area contributed by atoms with Gasteiger partial charge in [0.2, 0.25) is 0 Å². The molecule has 2 atom stereocenters. The van der Waals surface area contributed by atoms with Gasteiger partial charge in [0.25, 0.3) is 5.91 Å². The first kappa shape index (κ1) is 17.2. The highest BCUT2D eigenvalue weighted by Crippen LogP contribution is 2.22. The minimum absolute atomic E-state index is 0.142. The predicted molar refractivity (Wildman–Crippen MR) is 93.8 cm³/mol. The Morgan fingerprint density at radius 1 is 1.20 bits per heavy atom. The van der Waals surface area contributed by atoms with Gasteiger partial charge in [-0.25, -0.2) is 4.79 Å². The molecule has 6 nitrogen and oxygen atoms in total. The van der Waals surface area contributed by atoms with E-state index in [1.165, 1.54) is 6.20 Å². The van der Waals surface area contributed by atoms with Crippen LogP contribution in [0.4, 0.5) is 0 Å². The molecule has 25 heavy (non-hydrogen) atoms. The standard InChI is InChI=1S/C19H23N3O3/c1-13-8-14(2)11-22(10-13)17(23)12-25-19(24)16-9-20-21-18(16)15-6-4-3-5-7-15/h3-7,9,13-14H,8,10-12H2,1-2H3,(H,20,21)/t13-,14-/m1/s1. The predicted octanol–water partition coefficient (Wildman–Crippen LogP) is 2.74.